The first-order chi connectivity index (χ1) is 12.9. The summed E-state index contributed by atoms with van der Waals surface area (Å²) in [6, 6.07) is 0. The summed E-state index contributed by atoms with van der Waals surface area (Å²) in [5.41, 5.74) is 1.39. The van der Waals surface area contributed by atoms with Crippen LogP contribution in [-0.4, -0.2) is 0 Å². The lowest BCUT2D eigenvalue weighted by Gasteiger charge is -2.61. The van der Waals surface area contributed by atoms with Crippen LogP contribution in [0.5, 0.6) is 0 Å². The number of hydrogen-bond acceptors (Lipinski definition) is 0. The van der Waals surface area contributed by atoms with E-state index in [1.54, 1.807) is 51.4 Å². The minimum Gasteiger partial charge on any atom is -0.0628 e. The third-order valence-electron chi connectivity index (χ3n) is 10.8. The number of rotatable bonds is 5. The molecular formula is C27H48. The van der Waals surface area contributed by atoms with Crippen molar-refractivity contribution in [3.05, 3.63) is 0 Å². The average Bonchev–Trinajstić information content (AvgIpc) is 2.98. The molecule has 0 aromatic heterocycles. The van der Waals surface area contributed by atoms with Gasteiger partial charge in [-0.3, -0.25) is 0 Å². The molecule has 8 atom stereocenters. The second-order valence-electron chi connectivity index (χ2n) is 12.4. The van der Waals surface area contributed by atoms with E-state index in [1.807, 2.05) is 0 Å². The van der Waals surface area contributed by atoms with Crippen LogP contribution in [0.25, 0.3) is 0 Å². The molecule has 0 aromatic carbocycles. The molecule has 0 spiro atoms. The molecule has 4 aliphatic carbocycles. The zero-order valence-corrected chi connectivity index (χ0v) is 19.2. The SMILES string of the molecule is CC(C)CCCC(C)C1CCC2C3CCC4CCCC[C@]4(C)C3CCC12C. The lowest BCUT2D eigenvalue weighted by Crippen LogP contribution is -2.53. The van der Waals surface area contributed by atoms with Crippen molar-refractivity contribution in [2.24, 2.45) is 52.3 Å². The highest BCUT2D eigenvalue weighted by Crippen LogP contribution is 2.68. The molecule has 4 fully saturated rings. The van der Waals surface area contributed by atoms with E-state index in [-0.39, 0.29) is 0 Å². The number of hydrogen-bond donors (Lipinski definition) is 0. The molecule has 156 valence electrons. The topological polar surface area (TPSA) is 0 Å². The first kappa shape index (κ1) is 20.3. The maximum absolute atomic E-state index is 2.75. The standard InChI is InChI=1S/C27H48/c1-19(2)9-8-10-20(3)23-14-15-24-22-13-12-21-11-6-7-17-26(21,4)25(22)16-18-27(23,24)5/h19-25H,6-18H2,1-5H3/t20?,21?,22?,23?,24?,25?,26-,27?/m0/s1. The summed E-state index contributed by atoms with van der Waals surface area (Å²) in [6.07, 6.45) is 19.9. The van der Waals surface area contributed by atoms with E-state index in [2.05, 4.69) is 34.6 Å². The Balaban J connectivity index is 1.46. The molecule has 4 saturated carbocycles. The third kappa shape index (κ3) is 3.44. The predicted molar refractivity (Wildman–Crippen MR) is 118 cm³/mol. The van der Waals surface area contributed by atoms with Gasteiger partial charge in [0, 0.05) is 0 Å². The van der Waals surface area contributed by atoms with E-state index < -0.39 is 0 Å². The molecule has 0 heterocycles. The highest BCUT2D eigenvalue weighted by molar-refractivity contribution is 5.09. The highest BCUT2D eigenvalue weighted by atomic mass is 14.6. The summed E-state index contributed by atoms with van der Waals surface area (Å²) in [4.78, 5) is 0. The van der Waals surface area contributed by atoms with Gasteiger partial charge in [-0.05, 0) is 104 Å². The van der Waals surface area contributed by atoms with Crippen LogP contribution in [0.3, 0.4) is 0 Å². The van der Waals surface area contributed by atoms with E-state index in [0.717, 1.165) is 41.4 Å². The lowest BCUT2D eigenvalue weighted by atomic mass is 9.44. The fourth-order valence-electron chi connectivity index (χ4n) is 9.32. The first-order valence-corrected chi connectivity index (χ1v) is 12.9. The molecule has 0 aromatic rings. The molecule has 0 nitrogen and oxygen atoms in total. The Morgan fingerprint density at radius 2 is 1.52 bits per heavy atom. The molecular weight excluding hydrogens is 324 g/mol. The van der Waals surface area contributed by atoms with Crippen LogP contribution in [0.1, 0.15) is 118 Å². The molecule has 0 amide bonds. The second kappa shape index (κ2) is 7.68. The van der Waals surface area contributed by atoms with Crippen molar-refractivity contribution in [1.82, 2.24) is 0 Å². The van der Waals surface area contributed by atoms with Crippen molar-refractivity contribution in [2.45, 2.75) is 118 Å². The van der Waals surface area contributed by atoms with E-state index in [9.17, 15) is 0 Å². The van der Waals surface area contributed by atoms with Crippen molar-refractivity contribution in [1.29, 1.82) is 0 Å². The first-order valence-electron chi connectivity index (χ1n) is 12.9. The average molecular weight is 373 g/mol. The van der Waals surface area contributed by atoms with Crippen molar-refractivity contribution >= 4 is 0 Å². The van der Waals surface area contributed by atoms with Crippen molar-refractivity contribution in [2.75, 3.05) is 0 Å². The van der Waals surface area contributed by atoms with E-state index >= 15 is 0 Å². The van der Waals surface area contributed by atoms with Gasteiger partial charge >= 0.3 is 0 Å². The number of fused-ring (bicyclic) bond motifs is 5. The molecule has 7 unspecified atom stereocenters. The van der Waals surface area contributed by atoms with Gasteiger partial charge in [0.2, 0.25) is 0 Å². The summed E-state index contributed by atoms with van der Waals surface area (Å²) in [7, 11) is 0. The van der Waals surface area contributed by atoms with Crippen LogP contribution in [-0.2, 0) is 0 Å². The summed E-state index contributed by atoms with van der Waals surface area (Å²) in [5, 5.41) is 0. The fraction of sp³-hybridized carbons (Fsp3) is 1.00. The Hall–Kier alpha value is 0. The molecule has 27 heavy (non-hydrogen) atoms. The normalized spacial score (nSPS) is 48.0. The lowest BCUT2D eigenvalue weighted by molar-refractivity contribution is -0.114. The molecule has 0 heteroatoms. The van der Waals surface area contributed by atoms with Crippen molar-refractivity contribution < 1.29 is 0 Å². The van der Waals surface area contributed by atoms with Gasteiger partial charge < -0.3 is 0 Å². The highest BCUT2D eigenvalue weighted by Gasteiger charge is 2.59. The Kier molecular flexibility index (Phi) is 5.77. The van der Waals surface area contributed by atoms with E-state index in [4.69, 9.17) is 0 Å². The molecule has 0 N–H and O–H groups in total. The monoisotopic (exact) mass is 372 g/mol. The van der Waals surface area contributed by atoms with Crippen LogP contribution in [0, 0.1) is 52.3 Å². The quantitative estimate of drug-likeness (QED) is 0.453. The zero-order valence-electron chi connectivity index (χ0n) is 19.2. The Bertz CT molecular complexity index is 506. The molecule has 0 aliphatic heterocycles. The van der Waals surface area contributed by atoms with Crippen LogP contribution >= 0.6 is 0 Å². The van der Waals surface area contributed by atoms with Gasteiger partial charge in [-0.1, -0.05) is 66.7 Å². The molecule has 4 rings (SSSR count). The fourth-order valence-corrected chi connectivity index (χ4v) is 9.32. The van der Waals surface area contributed by atoms with E-state index in [0.29, 0.717) is 10.8 Å². The molecule has 0 bridgehead atoms. The van der Waals surface area contributed by atoms with E-state index in [1.165, 1.54) is 32.1 Å². The van der Waals surface area contributed by atoms with Crippen LogP contribution in [0.4, 0.5) is 0 Å². The summed E-state index contributed by atoms with van der Waals surface area (Å²) in [6.45, 7) is 12.9. The predicted octanol–water partition coefficient (Wildman–Crippen LogP) is 8.50. The second-order valence-corrected chi connectivity index (χ2v) is 12.4. The van der Waals surface area contributed by atoms with Crippen LogP contribution in [0.15, 0.2) is 0 Å². The summed E-state index contributed by atoms with van der Waals surface area (Å²) >= 11 is 0. The summed E-state index contributed by atoms with van der Waals surface area (Å²) < 4.78 is 0. The minimum absolute atomic E-state index is 0.677. The van der Waals surface area contributed by atoms with Gasteiger partial charge in [0.05, 0.1) is 0 Å². The largest absolute Gasteiger partial charge is 0.0628 e. The van der Waals surface area contributed by atoms with Crippen LogP contribution in [0.2, 0.25) is 0 Å². The summed E-state index contributed by atoms with van der Waals surface area (Å²) in [5.74, 6) is 7.15. The van der Waals surface area contributed by atoms with Gasteiger partial charge in [-0.2, -0.15) is 0 Å². The Morgan fingerprint density at radius 3 is 2.30 bits per heavy atom. The van der Waals surface area contributed by atoms with Crippen molar-refractivity contribution in [3.63, 3.8) is 0 Å². The molecule has 4 aliphatic rings. The minimum atomic E-state index is 0.677. The van der Waals surface area contributed by atoms with Gasteiger partial charge in [-0.15, -0.1) is 0 Å². The Labute approximate surface area is 170 Å². The van der Waals surface area contributed by atoms with Gasteiger partial charge in [-0.25, -0.2) is 0 Å². The Morgan fingerprint density at radius 1 is 0.741 bits per heavy atom. The van der Waals surface area contributed by atoms with Gasteiger partial charge in [0.1, 0.15) is 0 Å². The van der Waals surface area contributed by atoms with Crippen molar-refractivity contribution in [3.8, 4) is 0 Å². The third-order valence-corrected chi connectivity index (χ3v) is 10.8. The maximum Gasteiger partial charge on any atom is -0.0264 e. The maximum atomic E-state index is 2.75. The molecule has 0 saturated heterocycles. The van der Waals surface area contributed by atoms with Crippen LogP contribution < -0.4 is 0 Å². The van der Waals surface area contributed by atoms with Gasteiger partial charge in [0.15, 0.2) is 0 Å². The van der Waals surface area contributed by atoms with Gasteiger partial charge in [0.25, 0.3) is 0 Å². The zero-order chi connectivity index (χ0) is 19.2. The smallest absolute Gasteiger partial charge is 0.0264 e. The molecule has 0 radical (unpaired) electrons.